The highest BCUT2D eigenvalue weighted by atomic mass is 16.2. The van der Waals surface area contributed by atoms with Gasteiger partial charge in [0.15, 0.2) is 0 Å². The molecule has 5 nitrogen and oxygen atoms in total. The van der Waals surface area contributed by atoms with E-state index < -0.39 is 0 Å². The number of aromatic nitrogens is 1. The van der Waals surface area contributed by atoms with Gasteiger partial charge in [0.05, 0.1) is 11.1 Å². The molecule has 0 bridgehead atoms. The summed E-state index contributed by atoms with van der Waals surface area (Å²) in [7, 11) is 0. The van der Waals surface area contributed by atoms with Crippen LogP contribution in [0.1, 0.15) is 66.3 Å². The molecule has 1 aromatic heterocycles. The van der Waals surface area contributed by atoms with Crippen molar-refractivity contribution in [3.8, 4) is 0 Å². The molecule has 2 amide bonds. The van der Waals surface area contributed by atoms with Gasteiger partial charge in [-0.1, -0.05) is 39.8 Å². The second-order valence-electron chi connectivity index (χ2n) is 7.13. The lowest BCUT2D eigenvalue weighted by Gasteiger charge is -2.10. The van der Waals surface area contributed by atoms with Crippen molar-refractivity contribution in [2.75, 3.05) is 11.9 Å². The highest BCUT2D eigenvalue weighted by Crippen LogP contribution is 2.17. The molecule has 1 heterocycles. The third-order valence-electron chi connectivity index (χ3n) is 4.11. The van der Waals surface area contributed by atoms with Crippen LogP contribution in [-0.2, 0) is 0 Å². The summed E-state index contributed by atoms with van der Waals surface area (Å²) in [5.41, 5.74) is 2.67. The minimum absolute atomic E-state index is 0.214. The predicted octanol–water partition coefficient (Wildman–Crippen LogP) is 4.23. The van der Waals surface area contributed by atoms with Gasteiger partial charge in [-0.2, -0.15) is 0 Å². The summed E-state index contributed by atoms with van der Waals surface area (Å²) in [5, 5.41) is 5.69. The molecule has 0 spiro atoms. The number of carbonyl (C=O) groups is 2. The summed E-state index contributed by atoms with van der Waals surface area (Å²) in [6.07, 6.45) is 3.84. The fraction of sp³-hybridized carbons (Fsp3) is 0.381. The summed E-state index contributed by atoms with van der Waals surface area (Å²) in [6, 6.07) is 9.32. The van der Waals surface area contributed by atoms with Crippen LogP contribution in [0.3, 0.4) is 0 Å². The first-order valence-electron chi connectivity index (χ1n) is 9.01. The van der Waals surface area contributed by atoms with E-state index in [1.54, 1.807) is 6.07 Å². The van der Waals surface area contributed by atoms with Crippen LogP contribution >= 0.6 is 0 Å². The Morgan fingerprint density at radius 2 is 1.58 bits per heavy atom. The van der Waals surface area contributed by atoms with Crippen LogP contribution in [0, 0.1) is 5.92 Å². The maximum atomic E-state index is 12.4. The van der Waals surface area contributed by atoms with Crippen molar-refractivity contribution in [2.24, 2.45) is 5.92 Å². The number of nitrogens with one attached hydrogen (secondary N) is 2. The molecule has 0 unspecified atom stereocenters. The zero-order valence-electron chi connectivity index (χ0n) is 15.9. The van der Waals surface area contributed by atoms with Crippen molar-refractivity contribution in [1.82, 2.24) is 10.3 Å². The van der Waals surface area contributed by atoms with Gasteiger partial charge in [-0.05, 0) is 42.0 Å². The Hall–Kier alpha value is -2.69. The Balaban J connectivity index is 2.01. The number of benzene rings is 1. The Morgan fingerprint density at radius 3 is 2.15 bits per heavy atom. The van der Waals surface area contributed by atoms with Crippen LogP contribution < -0.4 is 10.6 Å². The number of hydrogen-bond acceptors (Lipinski definition) is 3. The highest BCUT2D eigenvalue weighted by Gasteiger charge is 2.12. The van der Waals surface area contributed by atoms with Gasteiger partial charge >= 0.3 is 0 Å². The van der Waals surface area contributed by atoms with Crippen LogP contribution in [0.25, 0.3) is 0 Å². The van der Waals surface area contributed by atoms with Gasteiger partial charge in [0.25, 0.3) is 11.8 Å². The number of nitrogens with zero attached hydrogens (tertiary/aromatic N) is 1. The summed E-state index contributed by atoms with van der Waals surface area (Å²) >= 11 is 0. The van der Waals surface area contributed by atoms with Gasteiger partial charge < -0.3 is 10.6 Å². The van der Waals surface area contributed by atoms with Crippen LogP contribution in [0.4, 0.5) is 5.69 Å². The number of amides is 2. The van der Waals surface area contributed by atoms with E-state index in [1.807, 2.05) is 24.3 Å². The van der Waals surface area contributed by atoms with E-state index in [2.05, 4.69) is 43.3 Å². The zero-order valence-corrected chi connectivity index (χ0v) is 15.9. The molecule has 0 fully saturated rings. The molecule has 26 heavy (non-hydrogen) atoms. The molecule has 0 aliphatic rings. The van der Waals surface area contributed by atoms with Gasteiger partial charge in [0.1, 0.15) is 0 Å². The molecular weight excluding hydrogens is 326 g/mol. The summed E-state index contributed by atoms with van der Waals surface area (Å²) in [5.74, 6) is 0.461. The van der Waals surface area contributed by atoms with Gasteiger partial charge in [0.2, 0.25) is 0 Å². The zero-order chi connectivity index (χ0) is 19.1. The molecule has 0 radical (unpaired) electrons. The Morgan fingerprint density at radius 1 is 0.962 bits per heavy atom. The maximum absolute atomic E-state index is 12.4. The molecule has 2 N–H and O–H groups in total. The minimum atomic E-state index is -0.286. The van der Waals surface area contributed by atoms with Gasteiger partial charge in [-0.15, -0.1) is 0 Å². The van der Waals surface area contributed by atoms with Crippen molar-refractivity contribution in [3.05, 3.63) is 59.4 Å². The van der Waals surface area contributed by atoms with Crippen molar-refractivity contribution in [1.29, 1.82) is 0 Å². The molecule has 2 rings (SSSR count). The molecule has 0 aliphatic carbocycles. The van der Waals surface area contributed by atoms with E-state index in [0.717, 1.165) is 6.42 Å². The van der Waals surface area contributed by atoms with Crippen molar-refractivity contribution in [2.45, 2.75) is 40.0 Å². The average molecular weight is 353 g/mol. The molecule has 0 saturated heterocycles. The second-order valence-corrected chi connectivity index (χ2v) is 7.13. The predicted molar refractivity (Wildman–Crippen MR) is 105 cm³/mol. The van der Waals surface area contributed by atoms with Crippen molar-refractivity contribution < 1.29 is 9.59 Å². The normalized spacial score (nSPS) is 10.8. The van der Waals surface area contributed by atoms with E-state index in [0.29, 0.717) is 35.2 Å². The van der Waals surface area contributed by atoms with Crippen LogP contribution in [0.2, 0.25) is 0 Å². The summed E-state index contributed by atoms with van der Waals surface area (Å²) in [6.45, 7) is 9.06. The van der Waals surface area contributed by atoms with Gasteiger partial charge in [0, 0.05) is 24.6 Å². The molecule has 1 aromatic carbocycles. The van der Waals surface area contributed by atoms with Gasteiger partial charge in [-0.25, -0.2) is 0 Å². The third kappa shape index (κ3) is 5.69. The first kappa shape index (κ1) is 19.6. The minimum Gasteiger partial charge on any atom is -0.352 e. The van der Waals surface area contributed by atoms with Crippen LogP contribution in [0.5, 0.6) is 0 Å². The quantitative estimate of drug-likeness (QED) is 0.782. The van der Waals surface area contributed by atoms with E-state index in [9.17, 15) is 9.59 Å². The van der Waals surface area contributed by atoms with E-state index in [1.165, 1.54) is 18.0 Å². The second kappa shape index (κ2) is 9.13. The van der Waals surface area contributed by atoms with E-state index in [4.69, 9.17) is 0 Å². The van der Waals surface area contributed by atoms with E-state index >= 15 is 0 Å². The molecule has 0 aliphatic heterocycles. The number of anilines is 1. The van der Waals surface area contributed by atoms with E-state index in [-0.39, 0.29) is 11.8 Å². The molecular formula is C21H27N3O2. The number of hydrogen-bond donors (Lipinski definition) is 2. The fourth-order valence-corrected chi connectivity index (χ4v) is 2.42. The Bertz CT molecular complexity index is 752. The Kier molecular flexibility index (Phi) is 6.89. The first-order valence-corrected chi connectivity index (χ1v) is 9.01. The molecule has 138 valence electrons. The lowest BCUT2D eigenvalue weighted by Crippen LogP contribution is -2.26. The smallest absolute Gasteiger partial charge is 0.257 e. The topological polar surface area (TPSA) is 71.1 Å². The fourth-order valence-electron chi connectivity index (χ4n) is 2.42. The number of pyridine rings is 1. The first-order chi connectivity index (χ1) is 12.4. The highest BCUT2D eigenvalue weighted by molar-refractivity contribution is 6.05. The van der Waals surface area contributed by atoms with Crippen LogP contribution in [0.15, 0.2) is 42.7 Å². The molecule has 0 atom stereocenters. The van der Waals surface area contributed by atoms with Crippen molar-refractivity contribution in [3.63, 3.8) is 0 Å². The van der Waals surface area contributed by atoms with Crippen LogP contribution in [-0.4, -0.2) is 23.3 Å². The molecule has 2 aromatic rings. The number of carbonyl (C=O) groups excluding carboxylic acids is 2. The lowest BCUT2D eigenvalue weighted by molar-refractivity contribution is 0.0951. The maximum Gasteiger partial charge on any atom is 0.257 e. The van der Waals surface area contributed by atoms with Gasteiger partial charge in [-0.3, -0.25) is 14.6 Å². The number of rotatable bonds is 7. The van der Waals surface area contributed by atoms with Crippen molar-refractivity contribution >= 4 is 17.5 Å². The summed E-state index contributed by atoms with van der Waals surface area (Å²) in [4.78, 5) is 28.6. The third-order valence-corrected chi connectivity index (χ3v) is 4.11. The molecule has 0 saturated carbocycles. The Labute approximate surface area is 155 Å². The monoisotopic (exact) mass is 353 g/mol. The average Bonchev–Trinajstić information content (AvgIpc) is 2.62. The molecule has 5 heteroatoms. The standard InChI is InChI=1S/C21H27N3O2/c1-14(2)9-10-23-20(25)17-11-18(13-22-12-17)21(26)24-19-7-5-16(6-8-19)15(3)4/h5-8,11-15H,9-10H2,1-4H3,(H,23,25)(H,24,26). The SMILES string of the molecule is CC(C)CCNC(=O)c1cncc(C(=O)Nc2ccc(C(C)C)cc2)c1. The summed E-state index contributed by atoms with van der Waals surface area (Å²) < 4.78 is 0. The lowest BCUT2D eigenvalue weighted by atomic mass is 10.0. The largest absolute Gasteiger partial charge is 0.352 e.